The Morgan fingerprint density at radius 1 is 1.35 bits per heavy atom. The van der Waals surface area contributed by atoms with Gasteiger partial charge in [0, 0.05) is 37.9 Å². The number of thiazole rings is 1. The molecule has 0 N–H and O–H groups in total. The van der Waals surface area contributed by atoms with E-state index >= 15 is 0 Å². The van der Waals surface area contributed by atoms with Crippen LogP contribution in [0.3, 0.4) is 0 Å². The van der Waals surface area contributed by atoms with E-state index in [1.165, 1.54) is 0 Å². The average molecular weight is 331 g/mol. The number of carbonyl (C=O) groups excluding carboxylic acids is 1. The van der Waals surface area contributed by atoms with Crippen molar-refractivity contribution in [2.75, 3.05) is 24.5 Å². The lowest BCUT2D eigenvalue weighted by Crippen LogP contribution is -2.47. The van der Waals surface area contributed by atoms with Crippen LogP contribution < -0.4 is 4.90 Å². The lowest BCUT2D eigenvalue weighted by molar-refractivity contribution is -0.128. The molecule has 4 heterocycles. The second-order valence-electron chi connectivity index (χ2n) is 6.60. The molecule has 0 radical (unpaired) electrons. The molecule has 0 bridgehead atoms. The molecule has 23 heavy (non-hydrogen) atoms. The summed E-state index contributed by atoms with van der Waals surface area (Å²) >= 11 is 1.69. The maximum Gasteiger partial charge on any atom is 0.234 e. The molecular formula is C16H21N5OS. The summed E-state index contributed by atoms with van der Waals surface area (Å²) < 4.78 is 1.75. The van der Waals surface area contributed by atoms with E-state index in [9.17, 15) is 4.79 Å². The van der Waals surface area contributed by atoms with Gasteiger partial charge in [-0.25, -0.2) is 4.98 Å². The average Bonchev–Trinajstić information content (AvgIpc) is 3.24. The molecule has 1 amide bonds. The zero-order valence-corrected chi connectivity index (χ0v) is 14.1. The molecule has 4 rings (SSSR count). The van der Waals surface area contributed by atoms with E-state index in [1.54, 1.807) is 22.2 Å². The van der Waals surface area contributed by atoms with Gasteiger partial charge in [-0.2, -0.15) is 5.10 Å². The normalized spacial score (nSPS) is 25.6. The summed E-state index contributed by atoms with van der Waals surface area (Å²) in [5, 5.41) is 7.35. The number of aryl methyl sites for hydroxylation is 1. The Hall–Kier alpha value is -1.73. The molecule has 0 saturated carbocycles. The molecule has 2 aliphatic rings. The first-order valence-electron chi connectivity index (χ1n) is 8.08. The van der Waals surface area contributed by atoms with Crippen LogP contribution in [0.15, 0.2) is 24.0 Å². The van der Waals surface area contributed by atoms with E-state index in [0.717, 1.165) is 56.1 Å². The Labute approximate surface area is 139 Å². The highest BCUT2D eigenvalue weighted by atomic mass is 32.1. The third-order valence-electron chi connectivity index (χ3n) is 5.01. The smallest absolute Gasteiger partial charge is 0.234 e. The van der Waals surface area contributed by atoms with Gasteiger partial charge in [0.25, 0.3) is 0 Å². The number of hydrogen-bond acceptors (Lipinski definition) is 5. The van der Waals surface area contributed by atoms with Gasteiger partial charge >= 0.3 is 0 Å². The number of amides is 1. The second kappa shape index (κ2) is 5.72. The van der Waals surface area contributed by atoms with Crippen molar-refractivity contribution in [1.82, 2.24) is 19.7 Å². The summed E-state index contributed by atoms with van der Waals surface area (Å²) in [6.45, 7) is 3.57. The third kappa shape index (κ3) is 2.68. The van der Waals surface area contributed by atoms with Crippen molar-refractivity contribution in [3.05, 3.63) is 29.0 Å². The zero-order valence-electron chi connectivity index (χ0n) is 13.3. The SMILES string of the molecule is Cn1cc(N2CC[C@]3(CCCN(Cc4nccs4)C3)C2=O)cn1. The van der Waals surface area contributed by atoms with E-state index in [-0.39, 0.29) is 11.3 Å². The number of aromatic nitrogens is 3. The van der Waals surface area contributed by atoms with Crippen LogP contribution in [0.2, 0.25) is 0 Å². The lowest BCUT2D eigenvalue weighted by Gasteiger charge is -2.38. The summed E-state index contributed by atoms with van der Waals surface area (Å²) in [5.74, 6) is 0.273. The monoisotopic (exact) mass is 331 g/mol. The van der Waals surface area contributed by atoms with Gasteiger partial charge < -0.3 is 4.90 Å². The highest BCUT2D eigenvalue weighted by molar-refractivity contribution is 7.09. The minimum Gasteiger partial charge on any atom is -0.309 e. The topological polar surface area (TPSA) is 54.3 Å². The van der Waals surface area contributed by atoms with Gasteiger partial charge in [0.15, 0.2) is 0 Å². The molecule has 2 fully saturated rings. The van der Waals surface area contributed by atoms with Crippen LogP contribution in [0.1, 0.15) is 24.3 Å². The van der Waals surface area contributed by atoms with Crippen molar-refractivity contribution >= 4 is 22.9 Å². The first kappa shape index (κ1) is 14.8. The third-order valence-corrected chi connectivity index (χ3v) is 5.78. The number of carbonyl (C=O) groups is 1. The van der Waals surface area contributed by atoms with Crippen molar-refractivity contribution in [1.29, 1.82) is 0 Å². The summed E-state index contributed by atoms with van der Waals surface area (Å²) in [7, 11) is 1.89. The lowest BCUT2D eigenvalue weighted by atomic mass is 9.78. The Bertz CT molecular complexity index is 697. The van der Waals surface area contributed by atoms with Crippen LogP contribution in [0.5, 0.6) is 0 Å². The number of anilines is 1. The molecule has 2 saturated heterocycles. The van der Waals surface area contributed by atoms with Crippen LogP contribution in [0.25, 0.3) is 0 Å². The largest absolute Gasteiger partial charge is 0.309 e. The van der Waals surface area contributed by atoms with Gasteiger partial charge in [0.05, 0.1) is 23.8 Å². The minimum absolute atomic E-state index is 0.217. The minimum atomic E-state index is -0.217. The fourth-order valence-electron chi connectivity index (χ4n) is 3.88. The number of likely N-dealkylation sites (tertiary alicyclic amines) is 1. The van der Waals surface area contributed by atoms with Crippen molar-refractivity contribution in [2.24, 2.45) is 12.5 Å². The Balaban J connectivity index is 1.50. The first-order chi connectivity index (χ1) is 11.2. The Morgan fingerprint density at radius 2 is 2.26 bits per heavy atom. The van der Waals surface area contributed by atoms with Crippen LogP contribution >= 0.6 is 11.3 Å². The van der Waals surface area contributed by atoms with Crippen molar-refractivity contribution in [3.8, 4) is 0 Å². The van der Waals surface area contributed by atoms with E-state index in [0.29, 0.717) is 0 Å². The van der Waals surface area contributed by atoms with Gasteiger partial charge in [-0.3, -0.25) is 14.4 Å². The summed E-state index contributed by atoms with van der Waals surface area (Å²) in [4.78, 5) is 21.8. The van der Waals surface area contributed by atoms with E-state index in [4.69, 9.17) is 0 Å². The van der Waals surface area contributed by atoms with Crippen molar-refractivity contribution in [2.45, 2.75) is 25.8 Å². The standard InChI is InChI=1S/C16H21N5OS/c1-19-10-13(9-18-19)21-7-4-16(15(21)22)3-2-6-20(12-16)11-14-17-5-8-23-14/h5,8-10H,2-4,6-7,11-12H2,1H3/t16-/m0/s1. The van der Waals surface area contributed by atoms with E-state index < -0.39 is 0 Å². The molecule has 0 unspecified atom stereocenters. The number of hydrogen-bond donors (Lipinski definition) is 0. The molecule has 7 heteroatoms. The van der Waals surface area contributed by atoms with E-state index in [1.807, 2.05) is 29.7 Å². The van der Waals surface area contributed by atoms with Gasteiger partial charge in [-0.1, -0.05) is 0 Å². The summed E-state index contributed by atoms with van der Waals surface area (Å²) in [6, 6.07) is 0. The predicted octanol–water partition coefficient (Wildman–Crippen LogP) is 1.90. The molecule has 122 valence electrons. The molecule has 2 aromatic heterocycles. The van der Waals surface area contributed by atoms with Gasteiger partial charge in [-0.15, -0.1) is 11.3 Å². The highest BCUT2D eigenvalue weighted by Gasteiger charge is 2.49. The number of nitrogens with zero attached hydrogens (tertiary/aromatic N) is 5. The maximum atomic E-state index is 13.1. The first-order valence-corrected chi connectivity index (χ1v) is 8.96. The van der Waals surface area contributed by atoms with Crippen LogP contribution in [-0.2, 0) is 18.4 Å². The summed E-state index contributed by atoms with van der Waals surface area (Å²) in [6.07, 6.45) is 8.58. The Kier molecular flexibility index (Phi) is 3.69. The molecule has 0 aromatic carbocycles. The molecule has 1 atom stereocenters. The zero-order chi connectivity index (χ0) is 15.9. The quantitative estimate of drug-likeness (QED) is 0.862. The van der Waals surface area contributed by atoms with Gasteiger partial charge in [0.1, 0.15) is 5.01 Å². The van der Waals surface area contributed by atoms with Crippen molar-refractivity contribution in [3.63, 3.8) is 0 Å². The fourth-order valence-corrected chi connectivity index (χ4v) is 4.54. The molecule has 1 spiro atoms. The second-order valence-corrected chi connectivity index (χ2v) is 7.58. The molecule has 2 aromatic rings. The molecular weight excluding hydrogens is 310 g/mol. The molecule has 6 nitrogen and oxygen atoms in total. The maximum absolute atomic E-state index is 13.1. The van der Waals surface area contributed by atoms with Gasteiger partial charge in [0.2, 0.25) is 5.91 Å². The van der Waals surface area contributed by atoms with Crippen LogP contribution in [0, 0.1) is 5.41 Å². The number of rotatable bonds is 3. The molecule has 2 aliphatic heterocycles. The van der Waals surface area contributed by atoms with Crippen LogP contribution in [-0.4, -0.2) is 45.2 Å². The van der Waals surface area contributed by atoms with Crippen LogP contribution in [0.4, 0.5) is 5.69 Å². The van der Waals surface area contributed by atoms with E-state index in [2.05, 4.69) is 15.0 Å². The highest BCUT2D eigenvalue weighted by Crippen LogP contribution is 2.42. The predicted molar refractivity (Wildman–Crippen MR) is 89.2 cm³/mol. The summed E-state index contributed by atoms with van der Waals surface area (Å²) in [5.41, 5.74) is 0.706. The molecule has 0 aliphatic carbocycles. The van der Waals surface area contributed by atoms with Crippen molar-refractivity contribution < 1.29 is 4.79 Å². The van der Waals surface area contributed by atoms with Gasteiger partial charge in [-0.05, 0) is 25.8 Å². The number of piperidine rings is 1. The fraction of sp³-hybridized carbons (Fsp3) is 0.562. The Morgan fingerprint density at radius 3 is 3.00 bits per heavy atom.